The molecule has 6 heteroatoms. The van der Waals surface area contributed by atoms with E-state index in [0.717, 1.165) is 20.8 Å². The lowest BCUT2D eigenvalue weighted by atomic mass is 10.0. The van der Waals surface area contributed by atoms with Crippen LogP contribution < -0.4 is 11.3 Å². The van der Waals surface area contributed by atoms with Crippen LogP contribution in [0.3, 0.4) is 0 Å². The van der Waals surface area contributed by atoms with Crippen molar-refractivity contribution < 1.29 is 4.79 Å². The lowest BCUT2D eigenvalue weighted by Gasteiger charge is -2.10. The number of hydrogen-bond acceptors (Lipinski definition) is 4. The number of primary amides is 1. The van der Waals surface area contributed by atoms with E-state index in [9.17, 15) is 9.59 Å². The summed E-state index contributed by atoms with van der Waals surface area (Å²) < 4.78 is 1.65. The molecule has 0 atom stereocenters. The molecule has 25 heavy (non-hydrogen) atoms. The molecule has 1 amide bonds. The summed E-state index contributed by atoms with van der Waals surface area (Å²) in [4.78, 5) is 30.5. The molecule has 2 aromatic heterocycles. The summed E-state index contributed by atoms with van der Waals surface area (Å²) >= 11 is 1.55. The highest BCUT2D eigenvalue weighted by atomic mass is 32.1. The highest BCUT2D eigenvalue weighted by Gasteiger charge is 2.18. The predicted molar refractivity (Wildman–Crippen MR) is 102 cm³/mol. The molecular formula is C19H21N3O2S. The molecule has 0 fully saturated rings. The molecule has 0 radical (unpaired) electrons. The molecule has 0 aliphatic carbocycles. The van der Waals surface area contributed by atoms with Gasteiger partial charge in [-0.3, -0.25) is 14.2 Å². The van der Waals surface area contributed by atoms with Gasteiger partial charge in [0, 0.05) is 23.4 Å². The minimum Gasteiger partial charge on any atom is -0.370 e. The third kappa shape index (κ3) is 3.35. The number of nitrogens with two attached hydrogens (primary N) is 1. The van der Waals surface area contributed by atoms with E-state index in [2.05, 4.69) is 4.98 Å². The van der Waals surface area contributed by atoms with Gasteiger partial charge in [-0.05, 0) is 32.8 Å². The topological polar surface area (TPSA) is 78.0 Å². The van der Waals surface area contributed by atoms with Gasteiger partial charge in [0.2, 0.25) is 5.91 Å². The third-order valence-electron chi connectivity index (χ3n) is 4.32. The van der Waals surface area contributed by atoms with E-state index in [1.165, 1.54) is 5.56 Å². The van der Waals surface area contributed by atoms with Crippen LogP contribution in [0.4, 0.5) is 0 Å². The van der Waals surface area contributed by atoms with Crippen molar-refractivity contribution in [2.45, 2.75) is 40.2 Å². The van der Waals surface area contributed by atoms with E-state index in [1.807, 2.05) is 45.0 Å². The van der Waals surface area contributed by atoms with Crippen LogP contribution in [0, 0.1) is 20.8 Å². The monoisotopic (exact) mass is 355 g/mol. The Hall–Kier alpha value is -2.47. The second-order valence-corrected chi connectivity index (χ2v) is 7.47. The van der Waals surface area contributed by atoms with E-state index >= 15 is 0 Å². The van der Waals surface area contributed by atoms with Crippen LogP contribution in [0.15, 0.2) is 29.1 Å². The van der Waals surface area contributed by atoms with Crippen LogP contribution in [0.25, 0.3) is 21.3 Å². The highest BCUT2D eigenvalue weighted by Crippen LogP contribution is 2.35. The summed E-state index contributed by atoms with van der Waals surface area (Å²) in [5.41, 5.74) is 8.32. The quantitative estimate of drug-likeness (QED) is 0.762. The number of carbonyl (C=O) groups excluding carboxylic acids is 1. The Morgan fingerprint density at radius 2 is 1.88 bits per heavy atom. The molecule has 0 saturated heterocycles. The molecule has 5 nitrogen and oxygen atoms in total. The minimum atomic E-state index is -0.355. The second-order valence-electron chi connectivity index (χ2n) is 6.27. The van der Waals surface area contributed by atoms with Gasteiger partial charge in [0.25, 0.3) is 5.56 Å². The zero-order chi connectivity index (χ0) is 18.1. The van der Waals surface area contributed by atoms with Crippen molar-refractivity contribution in [2.24, 2.45) is 5.73 Å². The van der Waals surface area contributed by atoms with Crippen LogP contribution in [-0.2, 0) is 11.3 Å². The number of benzene rings is 1. The molecule has 0 bridgehead atoms. The Balaban J connectivity index is 2.15. The van der Waals surface area contributed by atoms with Gasteiger partial charge in [-0.25, -0.2) is 4.98 Å². The number of aromatic nitrogens is 2. The number of thiophene rings is 1. The van der Waals surface area contributed by atoms with Gasteiger partial charge in [-0.15, -0.1) is 11.3 Å². The first-order chi connectivity index (χ1) is 11.9. The van der Waals surface area contributed by atoms with Gasteiger partial charge >= 0.3 is 0 Å². The Morgan fingerprint density at radius 1 is 1.20 bits per heavy atom. The maximum Gasteiger partial charge on any atom is 0.262 e. The summed E-state index contributed by atoms with van der Waals surface area (Å²) in [6.45, 7) is 6.33. The van der Waals surface area contributed by atoms with Gasteiger partial charge in [0.1, 0.15) is 10.7 Å². The number of aryl methyl sites for hydroxylation is 3. The molecule has 1 aromatic carbocycles. The Labute approximate surface area is 150 Å². The lowest BCUT2D eigenvalue weighted by Crippen LogP contribution is -2.24. The number of amides is 1. The molecule has 2 heterocycles. The minimum absolute atomic E-state index is 0.0492. The zero-order valence-electron chi connectivity index (χ0n) is 14.6. The van der Waals surface area contributed by atoms with Crippen LogP contribution >= 0.6 is 11.3 Å². The maximum absolute atomic E-state index is 13.1. The largest absolute Gasteiger partial charge is 0.370 e. The molecule has 0 aliphatic heterocycles. The van der Waals surface area contributed by atoms with Crippen molar-refractivity contribution in [3.8, 4) is 11.1 Å². The SMILES string of the molecule is Cc1ccc(-c2c(C)sc3nc(C)n(CCCC(N)=O)c(=O)c23)cc1. The van der Waals surface area contributed by atoms with Crippen LogP contribution in [0.1, 0.15) is 29.1 Å². The molecule has 3 rings (SSSR count). The normalized spacial score (nSPS) is 11.2. The first-order valence-electron chi connectivity index (χ1n) is 8.24. The molecular weight excluding hydrogens is 334 g/mol. The Kier molecular flexibility index (Phi) is 4.72. The molecule has 3 aromatic rings. The number of hydrogen-bond donors (Lipinski definition) is 1. The molecule has 130 valence electrons. The van der Waals surface area contributed by atoms with Crippen LogP contribution in [0.2, 0.25) is 0 Å². The lowest BCUT2D eigenvalue weighted by molar-refractivity contribution is -0.118. The molecule has 2 N–H and O–H groups in total. The van der Waals surface area contributed by atoms with E-state index < -0.39 is 0 Å². The van der Waals surface area contributed by atoms with Crippen LogP contribution in [-0.4, -0.2) is 15.5 Å². The highest BCUT2D eigenvalue weighted by molar-refractivity contribution is 7.19. The van der Waals surface area contributed by atoms with Crippen LogP contribution in [0.5, 0.6) is 0 Å². The van der Waals surface area contributed by atoms with Crippen molar-refractivity contribution in [3.63, 3.8) is 0 Å². The summed E-state index contributed by atoms with van der Waals surface area (Å²) in [6.07, 6.45) is 0.795. The average Bonchev–Trinajstić information content (AvgIpc) is 2.87. The number of nitrogens with zero attached hydrogens (tertiary/aromatic N) is 2. The summed E-state index contributed by atoms with van der Waals surface area (Å²) in [5.74, 6) is 0.310. The smallest absolute Gasteiger partial charge is 0.262 e. The van der Waals surface area contributed by atoms with Gasteiger partial charge in [-0.2, -0.15) is 0 Å². The van der Waals surface area contributed by atoms with E-state index in [1.54, 1.807) is 15.9 Å². The van der Waals surface area contributed by atoms with E-state index in [-0.39, 0.29) is 17.9 Å². The number of fused-ring (bicyclic) bond motifs is 1. The molecule has 0 aliphatic rings. The van der Waals surface area contributed by atoms with Crippen molar-refractivity contribution in [2.75, 3.05) is 0 Å². The van der Waals surface area contributed by atoms with E-state index in [4.69, 9.17) is 5.73 Å². The first-order valence-corrected chi connectivity index (χ1v) is 9.06. The number of carbonyl (C=O) groups is 1. The zero-order valence-corrected chi connectivity index (χ0v) is 15.4. The number of rotatable bonds is 5. The standard InChI is InChI=1S/C19H21N3O2S/c1-11-6-8-14(9-7-11)16-12(2)25-18-17(16)19(24)22(13(3)21-18)10-4-5-15(20)23/h6-9H,4-5,10H2,1-3H3,(H2,20,23). The second kappa shape index (κ2) is 6.80. The average molecular weight is 355 g/mol. The Morgan fingerprint density at radius 3 is 2.52 bits per heavy atom. The van der Waals surface area contributed by atoms with Crippen molar-refractivity contribution in [3.05, 3.63) is 50.9 Å². The maximum atomic E-state index is 13.1. The van der Waals surface area contributed by atoms with Gasteiger partial charge in [0.05, 0.1) is 5.39 Å². The fourth-order valence-corrected chi connectivity index (χ4v) is 4.12. The van der Waals surface area contributed by atoms with Gasteiger partial charge < -0.3 is 5.73 Å². The Bertz CT molecular complexity index is 1000. The summed E-state index contributed by atoms with van der Waals surface area (Å²) in [6, 6.07) is 8.18. The van der Waals surface area contributed by atoms with Crippen molar-refractivity contribution in [1.29, 1.82) is 0 Å². The first kappa shape index (κ1) is 17.4. The third-order valence-corrected chi connectivity index (χ3v) is 5.32. The van der Waals surface area contributed by atoms with Gasteiger partial charge in [-0.1, -0.05) is 29.8 Å². The summed E-state index contributed by atoms with van der Waals surface area (Å²) in [5, 5.41) is 0.663. The fourth-order valence-electron chi connectivity index (χ4n) is 3.04. The van der Waals surface area contributed by atoms with Crippen molar-refractivity contribution in [1.82, 2.24) is 9.55 Å². The summed E-state index contributed by atoms with van der Waals surface area (Å²) in [7, 11) is 0. The molecule has 0 saturated carbocycles. The molecule has 0 unspecified atom stereocenters. The van der Waals surface area contributed by atoms with Gasteiger partial charge in [0.15, 0.2) is 0 Å². The molecule has 0 spiro atoms. The van der Waals surface area contributed by atoms with E-state index in [0.29, 0.717) is 24.2 Å². The van der Waals surface area contributed by atoms with Crippen molar-refractivity contribution >= 4 is 27.5 Å². The predicted octanol–water partition coefficient (Wildman–Crippen LogP) is 3.32. The fraction of sp³-hybridized carbons (Fsp3) is 0.316.